The van der Waals surface area contributed by atoms with Gasteiger partial charge in [-0.3, -0.25) is 4.90 Å². The van der Waals surface area contributed by atoms with Crippen LogP contribution in [0.25, 0.3) is 0 Å². The number of esters is 1. The molecule has 0 aromatic rings. The molecule has 0 spiro atoms. The monoisotopic (exact) mass is 303 g/mol. The Labute approximate surface area is 122 Å². The molecule has 0 aromatic carbocycles. The van der Waals surface area contributed by atoms with Gasteiger partial charge in [0.05, 0.1) is 6.61 Å². The summed E-state index contributed by atoms with van der Waals surface area (Å²) in [7, 11) is 0. The van der Waals surface area contributed by atoms with Crippen LogP contribution in [0.2, 0.25) is 0 Å². The molecule has 21 heavy (non-hydrogen) atoms. The SMILES string of the molecule is CCCCCCN(C(=O)O)C1=C(O)[C@@H]([C@@H](O)CO)OC1=O. The summed E-state index contributed by atoms with van der Waals surface area (Å²) in [5, 5.41) is 37.3. The Bertz CT molecular complexity index is 421. The zero-order chi connectivity index (χ0) is 16.0. The lowest BCUT2D eigenvalue weighted by molar-refractivity contribution is -0.147. The number of cyclic esters (lactones) is 1. The Morgan fingerprint density at radius 1 is 1.38 bits per heavy atom. The number of hydrogen-bond acceptors (Lipinski definition) is 6. The van der Waals surface area contributed by atoms with Gasteiger partial charge in [0, 0.05) is 6.54 Å². The second kappa shape index (κ2) is 7.84. The molecule has 0 saturated carbocycles. The van der Waals surface area contributed by atoms with E-state index in [1.54, 1.807) is 0 Å². The first-order valence-corrected chi connectivity index (χ1v) is 6.87. The first-order valence-electron chi connectivity index (χ1n) is 6.87. The molecule has 0 radical (unpaired) electrons. The van der Waals surface area contributed by atoms with Gasteiger partial charge in [-0.25, -0.2) is 9.59 Å². The molecule has 8 heteroatoms. The molecule has 0 fully saturated rings. The number of carbonyl (C=O) groups is 2. The molecule has 1 aliphatic rings. The van der Waals surface area contributed by atoms with Gasteiger partial charge in [-0.15, -0.1) is 0 Å². The Hall–Kier alpha value is -1.80. The van der Waals surface area contributed by atoms with Crippen LogP contribution >= 0.6 is 0 Å². The van der Waals surface area contributed by atoms with Crippen LogP contribution in [0.5, 0.6) is 0 Å². The Balaban J connectivity index is 2.87. The first kappa shape index (κ1) is 17.3. The van der Waals surface area contributed by atoms with Crippen molar-refractivity contribution in [2.45, 2.75) is 44.8 Å². The molecule has 1 heterocycles. The predicted molar refractivity (Wildman–Crippen MR) is 71.5 cm³/mol. The number of amides is 1. The van der Waals surface area contributed by atoms with Crippen LogP contribution in [0, 0.1) is 0 Å². The Morgan fingerprint density at radius 2 is 2.05 bits per heavy atom. The summed E-state index contributed by atoms with van der Waals surface area (Å²) in [5.41, 5.74) is -0.489. The molecule has 8 nitrogen and oxygen atoms in total. The third-order valence-electron chi connectivity index (χ3n) is 3.21. The predicted octanol–water partition coefficient (Wildman–Crippen LogP) is 0.595. The number of hydrogen-bond donors (Lipinski definition) is 4. The molecule has 1 aliphatic heterocycles. The van der Waals surface area contributed by atoms with Crippen molar-refractivity contribution in [3.63, 3.8) is 0 Å². The van der Waals surface area contributed by atoms with Gasteiger partial charge in [0.15, 0.2) is 17.6 Å². The molecule has 0 saturated heterocycles. The lowest BCUT2D eigenvalue weighted by Gasteiger charge is -2.18. The van der Waals surface area contributed by atoms with E-state index in [9.17, 15) is 19.8 Å². The number of aliphatic hydroxyl groups excluding tert-OH is 3. The van der Waals surface area contributed by atoms with Gasteiger partial charge in [-0.1, -0.05) is 26.2 Å². The summed E-state index contributed by atoms with van der Waals surface area (Å²) in [6.45, 7) is 1.34. The van der Waals surface area contributed by atoms with Gasteiger partial charge in [-0.05, 0) is 6.42 Å². The molecule has 0 bridgehead atoms. The molecular formula is C13H21NO7. The summed E-state index contributed by atoms with van der Waals surface area (Å²) in [5.74, 6) is -1.69. The Morgan fingerprint density at radius 3 is 2.57 bits per heavy atom. The van der Waals surface area contributed by atoms with Crippen molar-refractivity contribution in [3.05, 3.63) is 11.5 Å². The lowest BCUT2D eigenvalue weighted by Crippen LogP contribution is -2.33. The normalized spacial score (nSPS) is 19.6. The minimum atomic E-state index is -1.50. The maximum Gasteiger partial charge on any atom is 0.412 e. The summed E-state index contributed by atoms with van der Waals surface area (Å²) >= 11 is 0. The van der Waals surface area contributed by atoms with Crippen LogP contribution in [0.3, 0.4) is 0 Å². The second-order valence-corrected chi connectivity index (χ2v) is 4.80. The highest BCUT2D eigenvalue weighted by molar-refractivity contribution is 5.94. The van der Waals surface area contributed by atoms with Crippen LogP contribution in [-0.4, -0.2) is 62.7 Å². The smallest absolute Gasteiger partial charge is 0.412 e. The molecule has 0 aliphatic carbocycles. The minimum absolute atomic E-state index is 0.0474. The number of nitrogens with zero attached hydrogens (tertiary/aromatic N) is 1. The van der Waals surface area contributed by atoms with Crippen LogP contribution in [-0.2, 0) is 9.53 Å². The van der Waals surface area contributed by atoms with Crippen LogP contribution in [0.1, 0.15) is 32.6 Å². The van der Waals surface area contributed by atoms with Crippen LogP contribution in [0.15, 0.2) is 11.5 Å². The number of carboxylic acid groups (broad SMARTS) is 1. The number of ether oxygens (including phenoxy) is 1. The fourth-order valence-electron chi connectivity index (χ4n) is 2.07. The highest BCUT2D eigenvalue weighted by Gasteiger charge is 2.42. The summed E-state index contributed by atoms with van der Waals surface area (Å²) in [4.78, 5) is 23.7. The van der Waals surface area contributed by atoms with E-state index in [-0.39, 0.29) is 6.54 Å². The first-order chi connectivity index (χ1) is 9.93. The molecular weight excluding hydrogens is 282 g/mol. The lowest BCUT2D eigenvalue weighted by atomic mass is 10.1. The molecule has 0 aromatic heterocycles. The second-order valence-electron chi connectivity index (χ2n) is 4.80. The summed E-state index contributed by atoms with van der Waals surface area (Å²) < 4.78 is 4.72. The van der Waals surface area contributed by atoms with Crippen molar-refractivity contribution in [3.8, 4) is 0 Å². The van der Waals surface area contributed by atoms with Gasteiger partial charge in [0.1, 0.15) is 6.10 Å². The van der Waals surface area contributed by atoms with Crippen molar-refractivity contribution in [2.24, 2.45) is 0 Å². The highest BCUT2D eigenvalue weighted by Crippen LogP contribution is 2.26. The van der Waals surface area contributed by atoms with E-state index in [1.807, 2.05) is 6.92 Å². The number of unbranched alkanes of at least 4 members (excludes halogenated alkanes) is 3. The van der Waals surface area contributed by atoms with Crippen molar-refractivity contribution in [2.75, 3.05) is 13.2 Å². The number of aliphatic hydroxyl groups is 3. The third-order valence-corrected chi connectivity index (χ3v) is 3.21. The zero-order valence-corrected chi connectivity index (χ0v) is 11.9. The van der Waals surface area contributed by atoms with E-state index >= 15 is 0 Å². The zero-order valence-electron chi connectivity index (χ0n) is 11.9. The van der Waals surface area contributed by atoms with Crippen molar-refractivity contribution < 1.29 is 34.8 Å². The van der Waals surface area contributed by atoms with Crippen LogP contribution < -0.4 is 0 Å². The van der Waals surface area contributed by atoms with Gasteiger partial charge < -0.3 is 25.2 Å². The Kier molecular flexibility index (Phi) is 6.44. The van der Waals surface area contributed by atoms with E-state index in [1.165, 1.54) is 0 Å². The minimum Gasteiger partial charge on any atom is -0.506 e. The van der Waals surface area contributed by atoms with Gasteiger partial charge in [0.25, 0.3) is 0 Å². The number of carbonyl (C=O) groups excluding carboxylic acids is 1. The summed E-state index contributed by atoms with van der Waals surface area (Å²) in [6.07, 6.45) is -1.06. The van der Waals surface area contributed by atoms with E-state index in [0.717, 1.165) is 24.2 Å². The average Bonchev–Trinajstić information content (AvgIpc) is 2.73. The van der Waals surface area contributed by atoms with Gasteiger partial charge in [-0.2, -0.15) is 0 Å². The highest BCUT2D eigenvalue weighted by atomic mass is 16.6. The molecule has 0 unspecified atom stereocenters. The molecule has 2 atom stereocenters. The van der Waals surface area contributed by atoms with Gasteiger partial charge in [0.2, 0.25) is 0 Å². The van der Waals surface area contributed by atoms with Gasteiger partial charge >= 0.3 is 12.1 Å². The topological polar surface area (TPSA) is 128 Å². The fourth-order valence-corrected chi connectivity index (χ4v) is 2.07. The van der Waals surface area contributed by atoms with Crippen molar-refractivity contribution in [1.29, 1.82) is 0 Å². The van der Waals surface area contributed by atoms with Crippen molar-refractivity contribution >= 4 is 12.1 Å². The maximum atomic E-state index is 11.7. The van der Waals surface area contributed by atoms with Crippen LogP contribution in [0.4, 0.5) is 4.79 Å². The molecule has 120 valence electrons. The fraction of sp³-hybridized carbons (Fsp3) is 0.692. The molecule has 1 amide bonds. The largest absolute Gasteiger partial charge is 0.506 e. The quantitative estimate of drug-likeness (QED) is 0.382. The van der Waals surface area contributed by atoms with E-state index in [0.29, 0.717) is 6.42 Å². The third kappa shape index (κ3) is 4.08. The molecule has 1 rings (SSSR count). The van der Waals surface area contributed by atoms with Crippen molar-refractivity contribution in [1.82, 2.24) is 4.90 Å². The molecule has 4 N–H and O–H groups in total. The maximum absolute atomic E-state index is 11.7. The summed E-state index contributed by atoms with van der Waals surface area (Å²) in [6, 6.07) is 0. The standard InChI is InChI=1S/C13H21NO7/c1-2-3-4-5-6-14(13(19)20)9-10(17)11(8(16)7-15)21-12(9)18/h8,11,15-17H,2-7H2,1H3,(H,19,20)/t8-,11+/m0/s1. The number of rotatable bonds is 8. The van der Waals surface area contributed by atoms with E-state index in [4.69, 9.17) is 14.9 Å². The van der Waals surface area contributed by atoms with E-state index < -0.39 is 42.3 Å². The van der Waals surface area contributed by atoms with E-state index in [2.05, 4.69) is 0 Å². The average molecular weight is 303 g/mol.